The number of carbonyl (C=O) groups is 1. The highest BCUT2D eigenvalue weighted by Crippen LogP contribution is 2.23. The number of ether oxygens (including phenoxy) is 1. The van der Waals surface area contributed by atoms with Crippen LogP contribution in [0.1, 0.15) is 11.6 Å². The maximum atomic E-state index is 13.4. The third-order valence-electron chi connectivity index (χ3n) is 5.93. The summed E-state index contributed by atoms with van der Waals surface area (Å²) in [6, 6.07) is 14.3. The molecule has 2 aliphatic heterocycles. The number of nitrogens with one attached hydrogen (secondary N) is 1. The second-order valence-corrected chi connectivity index (χ2v) is 8.29. The highest BCUT2D eigenvalue weighted by molar-refractivity contribution is 6.30. The Morgan fingerprint density at radius 3 is 2.42 bits per heavy atom. The highest BCUT2D eigenvalue weighted by atomic mass is 35.5. The second kappa shape index (κ2) is 10.3. The molecule has 2 saturated heterocycles. The summed E-state index contributed by atoms with van der Waals surface area (Å²) in [6.45, 7) is 6.20. The largest absolute Gasteiger partial charge is 0.379 e. The van der Waals surface area contributed by atoms with E-state index in [4.69, 9.17) is 16.3 Å². The highest BCUT2D eigenvalue weighted by Gasteiger charge is 2.26. The van der Waals surface area contributed by atoms with E-state index in [1.165, 1.54) is 12.1 Å². The van der Waals surface area contributed by atoms with Gasteiger partial charge in [0, 0.05) is 56.5 Å². The lowest BCUT2D eigenvalue weighted by Crippen LogP contribution is -2.53. The molecule has 2 aliphatic rings. The first kappa shape index (κ1) is 21.9. The molecule has 166 valence electrons. The summed E-state index contributed by atoms with van der Waals surface area (Å²) in [7, 11) is 0. The van der Waals surface area contributed by atoms with Gasteiger partial charge in [0.15, 0.2) is 0 Å². The number of rotatable bonds is 5. The Labute approximate surface area is 187 Å². The van der Waals surface area contributed by atoms with Crippen LogP contribution in [0.4, 0.5) is 14.9 Å². The number of amides is 2. The molecular weight excluding hydrogens is 419 g/mol. The lowest BCUT2D eigenvalue weighted by Gasteiger charge is -2.37. The summed E-state index contributed by atoms with van der Waals surface area (Å²) >= 11 is 6.10. The van der Waals surface area contributed by atoms with Crippen molar-refractivity contribution in [3.05, 3.63) is 64.9 Å². The number of hydrogen-bond acceptors (Lipinski definition) is 4. The van der Waals surface area contributed by atoms with Crippen LogP contribution in [-0.4, -0.2) is 74.9 Å². The first-order chi connectivity index (χ1) is 15.1. The monoisotopic (exact) mass is 446 g/mol. The van der Waals surface area contributed by atoms with Gasteiger partial charge in [0.2, 0.25) is 0 Å². The van der Waals surface area contributed by atoms with Crippen LogP contribution in [0.25, 0.3) is 0 Å². The Hall–Kier alpha value is -2.35. The predicted molar refractivity (Wildman–Crippen MR) is 120 cm³/mol. The molecule has 2 amide bonds. The molecule has 1 N–H and O–H groups in total. The maximum absolute atomic E-state index is 13.4. The van der Waals surface area contributed by atoms with Crippen molar-refractivity contribution in [1.29, 1.82) is 0 Å². The van der Waals surface area contributed by atoms with Crippen molar-refractivity contribution < 1.29 is 13.9 Å². The van der Waals surface area contributed by atoms with Gasteiger partial charge >= 0.3 is 6.03 Å². The van der Waals surface area contributed by atoms with Gasteiger partial charge in [0.05, 0.1) is 19.3 Å². The van der Waals surface area contributed by atoms with Crippen molar-refractivity contribution in [3.8, 4) is 0 Å². The Bertz CT molecular complexity index is 868. The second-order valence-electron chi connectivity index (χ2n) is 7.86. The van der Waals surface area contributed by atoms with Gasteiger partial charge in [-0.3, -0.25) is 4.90 Å². The van der Waals surface area contributed by atoms with E-state index < -0.39 is 0 Å². The van der Waals surface area contributed by atoms with Crippen LogP contribution < -0.4 is 10.2 Å². The average Bonchev–Trinajstić information content (AvgIpc) is 2.81. The van der Waals surface area contributed by atoms with Crippen LogP contribution >= 0.6 is 11.6 Å². The molecule has 6 nitrogen and oxygen atoms in total. The lowest BCUT2D eigenvalue weighted by atomic mass is 10.0. The van der Waals surface area contributed by atoms with E-state index in [1.54, 1.807) is 12.1 Å². The molecular formula is C23H28ClFN4O2. The molecule has 2 fully saturated rings. The topological polar surface area (TPSA) is 48.1 Å². The molecule has 0 aromatic heterocycles. The van der Waals surface area contributed by atoms with E-state index in [0.717, 1.165) is 37.4 Å². The molecule has 0 bridgehead atoms. The normalized spacial score (nSPS) is 18.6. The van der Waals surface area contributed by atoms with Crippen LogP contribution in [0.2, 0.25) is 5.02 Å². The third-order valence-corrected chi connectivity index (χ3v) is 6.16. The fourth-order valence-electron chi connectivity index (χ4n) is 4.17. The summed E-state index contributed by atoms with van der Waals surface area (Å²) < 4.78 is 18.9. The third kappa shape index (κ3) is 5.67. The average molecular weight is 447 g/mol. The molecule has 2 aromatic carbocycles. The minimum atomic E-state index is -0.258. The number of hydrogen-bond donors (Lipinski definition) is 1. The molecule has 2 aromatic rings. The van der Waals surface area contributed by atoms with Gasteiger partial charge in [0.1, 0.15) is 5.82 Å². The molecule has 1 atom stereocenters. The molecule has 1 unspecified atom stereocenters. The summed E-state index contributed by atoms with van der Waals surface area (Å²) in [5, 5.41) is 3.81. The SMILES string of the molecule is O=C(NCC(c1ccc(F)cc1)N1CCOCC1)N1CCN(c2cccc(Cl)c2)CC1. The molecule has 2 heterocycles. The first-order valence-corrected chi connectivity index (χ1v) is 11.1. The number of piperazine rings is 1. The number of anilines is 1. The van der Waals surface area contributed by atoms with Crippen molar-refractivity contribution in [2.24, 2.45) is 0 Å². The number of nitrogens with zero attached hydrogens (tertiary/aromatic N) is 3. The van der Waals surface area contributed by atoms with Crippen LogP contribution in [0.5, 0.6) is 0 Å². The smallest absolute Gasteiger partial charge is 0.317 e. The van der Waals surface area contributed by atoms with E-state index in [0.29, 0.717) is 37.9 Å². The minimum Gasteiger partial charge on any atom is -0.379 e. The fraction of sp³-hybridized carbons (Fsp3) is 0.435. The van der Waals surface area contributed by atoms with Crippen molar-refractivity contribution in [2.45, 2.75) is 6.04 Å². The standard InChI is InChI=1S/C23H28ClFN4O2/c24-19-2-1-3-21(16-19)27-8-10-29(11-9-27)23(30)26-17-22(28-12-14-31-15-13-28)18-4-6-20(25)7-5-18/h1-7,16,22H,8-15,17H2,(H,26,30). The van der Waals surface area contributed by atoms with Crippen molar-refractivity contribution in [3.63, 3.8) is 0 Å². The molecule has 0 aliphatic carbocycles. The van der Waals surface area contributed by atoms with E-state index in [1.807, 2.05) is 29.2 Å². The van der Waals surface area contributed by atoms with Crippen LogP contribution in [0.15, 0.2) is 48.5 Å². The molecule has 0 saturated carbocycles. The Balaban J connectivity index is 1.34. The zero-order valence-electron chi connectivity index (χ0n) is 17.5. The number of urea groups is 1. The molecule has 8 heteroatoms. The van der Waals surface area contributed by atoms with Gasteiger partial charge in [-0.05, 0) is 35.9 Å². The van der Waals surface area contributed by atoms with Crippen LogP contribution in [-0.2, 0) is 4.74 Å². The van der Waals surface area contributed by atoms with Crippen molar-refractivity contribution in [1.82, 2.24) is 15.1 Å². The van der Waals surface area contributed by atoms with E-state index >= 15 is 0 Å². The summed E-state index contributed by atoms with van der Waals surface area (Å²) in [4.78, 5) is 19.2. The van der Waals surface area contributed by atoms with Crippen LogP contribution in [0.3, 0.4) is 0 Å². The zero-order valence-corrected chi connectivity index (χ0v) is 18.2. The number of morpholine rings is 1. The fourth-order valence-corrected chi connectivity index (χ4v) is 4.35. The molecule has 0 spiro atoms. The van der Waals surface area contributed by atoms with Crippen molar-refractivity contribution >= 4 is 23.3 Å². The maximum Gasteiger partial charge on any atom is 0.317 e. The summed E-state index contributed by atoms with van der Waals surface area (Å²) in [6.07, 6.45) is 0. The Morgan fingerprint density at radius 1 is 1.03 bits per heavy atom. The van der Waals surface area contributed by atoms with E-state index in [9.17, 15) is 9.18 Å². The summed E-state index contributed by atoms with van der Waals surface area (Å²) in [5.41, 5.74) is 2.07. The van der Waals surface area contributed by atoms with Crippen molar-refractivity contribution in [2.75, 3.05) is 63.9 Å². The molecule has 0 radical (unpaired) electrons. The predicted octanol–water partition coefficient (Wildman–Crippen LogP) is 3.38. The molecule has 4 rings (SSSR count). The lowest BCUT2D eigenvalue weighted by molar-refractivity contribution is 0.0164. The quantitative estimate of drug-likeness (QED) is 0.765. The minimum absolute atomic E-state index is 0.0128. The van der Waals surface area contributed by atoms with E-state index in [-0.39, 0.29) is 17.9 Å². The van der Waals surface area contributed by atoms with Gasteiger partial charge in [-0.2, -0.15) is 0 Å². The van der Waals surface area contributed by atoms with Gasteiger partial charge in [-0.15, -0.1) is 0 Å². The van der Waals surface area contributed by atoms with E-state index in [2.05, 4.69) is 15.1 Å². The zero-order chi connectivity index (χ0) is 21.6. The Morgan fingerprint density at radius 2 is 1.74 bits per heavy atom. The number of benzene rings is 2. The first-order valence-electron chi connectivity index (χ1n) is 10.7. The van der Waals surface area contributed by atoms with Crippen LogP contribution in [0, 0.1) is 5.82 Å². The number of halogens is 2. The molecule has 31 heavy (non-hydrogen) atoms. The van der Waals surface area contributed by atoms with Gasteiger partial charge < -0.3 is 19.9 Å². The Kier molecular flexibility index (Phi) is 7.27. The van der Waals surface area contributed by atoms with Gasteiger partial charge in [-0.1, -0.05) is 29.8 Å². The number of carbonyl (C=O) groups excluding carboxylic acids is 1. The van der Waals surface area contributed by atoms with Gasteiger partial charge in [-0.25, -0.2) is 9.18 Å². The summed E-state index contributed by atoms with van der Waals surface area (Å²) in [5.74, 6) is -0.258. The van der Waals surface area contributed by atoms with Gasteiger partial charge in [0.25, 0.3) is 0 Å².